The van der Waals surface area contributed by atoms with E-state index in [1.54, 1.807) is 0 Å². The normalized spacial score (nSPS) is 20.4. The second kappa shape index (κ2) is 6.80. The summed E-state index contributed by atoms with van der Waals surface area (Å²) in [6.07, 6.45) is 5.17. The van der Waals surface area contributed by atoms with Crippen LogP contribution >= 0.6 is 0 Å². The molecule has 0 radical (unpaired) electrons. The van der Waals surface area contributed by atoms with Crippen LogP contribution in [0.4, 0.5) is 5.69 Å². The van der Waals surface area contributed by atoms with E-state index < -0.39 is 0 Å². The molecule has 3 nitrogen and oxygen atoms in total. The van der Waals surface area contributed by atoms with E-state index in [0.717, 1.165) is 42.6 Å². The van der Waals surface area contributed by atoms with Gasteiger partial charge in [-0.15, -0.1) is 0 Å². The third-order valence-corrected chi connectivity index (χ3v) is 4.04. The van der Waals surface area contributed by atoms with Gasteiger partial charge in [-0.25, -0.2) is 0 Å². The van der Waals surface area contributed by atoms with Crippen LogP contribution in [0.2, 0.25) is 0 Å². The number of hydrogen-bond donors (Lipinski definition) is 1. The Morgan fingerprint density at radius 1 is 1.37 bits per heavy atom. The van der Waals surface area contributed by atoms with Crippen LogP contribution in [0.25, 0.3) is 0 Å². The zero-order valence-corrected chi connectivity index (χ0v) is 12.2. The van der Waals surface area contributed by atoms with Gasteiger partial charge in [0.2, 0.25) is 0 Å². The molecule has 0 amide bonds. The minimum absolute atomic E-state index is 0.743. The Labute approximate surface area is 116 Å². The number of likely N-dealkylation sites (tertiary alicyclic amines) is 1. The number of nitrogen functional groups attached to an aromatic ring is 1. The molecule has 1 saturated heterocycles. The molecule has 1 aliphatic heterocycles. The Hall–Kier alpha value is -1.22. The Morgan fingerprint density at radius 2 is 2.21 bits per heavy atom. The number of anilines is 1. The third kappa shape index (κ3) is 4.13. The van der Waals surface area contributed by atoms with E-state index >= 15 is 0 Å². The third-order valence-electron chi connectivity index (χ3n) is 4.04. The zero-order chi connectivity index (χ0) is 13.7. The fourth-order valence-corrected chi connectivity index (χ4v) is 2.69. The second-order valence-corrected chi connectivity index (χ2v) is 5.60. The standard InChI is InChI=1S/C16H26N2O/c1-13-12-15(7-8-16(13)17)19-11-5-10-18-9-4-3-6-14(18)2/h7-8,12,14H,3-6,9-11,17H2,1-2H3. The highest BCUT2D eigenvalue weighted by Gasteiger charge is 2.17. The molecule has 1 atom stereocenters. The van der Waals surface area contributed by atoms with Crippen LogP contribution in [0, 0.1) is 6.92 Å². The first-order valence-electron chi connectivity index (χ1n) is 7.40. The lowest BCUT2D eigenvalue weighted by Gasteiger charge is -2.33. The molecule has 0 spiro atoms. The Balaban J connectivity index is 1.70. The van der Waals surface area contributed by atoms with E-state index in [-0.39, 0.29) is 0 Å². The molecule has 2 rings (SSSR count). The van der Waals surface area contributed by atoms with Gasteiger partial charge < -0.3 is 15.4 Å². The van der Waals surface area contributed by atoms with Crippen molar-refractivity contribution >= 4 is 5.69 Å². The maximum atomic E-state index is 5.79. The lowest BCUT2D eigenvalue weighted by atomic mass is 10.0. The molecule has 0 aromatic heterocycles. The Morgan fingerprint density at radius 3 is 2.95 bits per heavy atom. The van der Waals surface area contributed by atoms with Crippen molar-refractivity contribution in [3.63, 3.8) is 0 Å². The summed E-state index contributed by atoms with van der Waals surface area (Å²) < 4.78 is 5.79. The topological polar surface area (TPSA) is 38.5 Å². The van der Waals surface area contributed by atoms with Gasteiger partial charge in [0.15, 0.2) is 0 Å². The van der Waals surface area contributed by atoms with Crippen molar-refractivity contribution in [2.24, 2.45) is 0 Å². The first-order chi connectivity index (χ1) is 9.16. The highest BCUT2D eigenvalue weighted by molar-refractivity contribution is 5.49. The van der Waals surface area contributed by atoms with Gasteiger partial charge in [-0.3, -0.25) is 0 Å². The van der Waals surface area contributed by atoms with Crippen LogP contribution in [0.15, 0.2) is 18.2 Å². The van der Waals surface area contributed by atoms with Gasteiger partial charge in [-0.1, -0.05) is 6.42 Å². The number of aryl methyl sites for hydroxylation is 1. The van der Waals surface area contributed by atoms with Gasteiger partial charge in [0.05, 0.1) is 6.61 Å². The lowest BCUT2D eigenvalue weighted by molar-refractivity contribution is 0.148. The minimum Gasteiger partial charge on any atom is -0.494 e. The highest BCUT2D eigenvalue weighted by Crippen LogP contribution is 2.19. The SMILES string of the molecule is Cc1cc(OCCCN2CCCCC2C)ccc1N. The van der Waals surface area contributed by atoms with E-state index in [4.69, 9.17) is 10.5 Å². The van der Waals surface area contributed by atoms with Crippen molar-refractivity contribution in [3.05, 3.63) is 23.8 Å². The van der Waals surface area contributed by atoms with Crippen LogP contribution in [-0.4, -0.2) is 30.6 Å². The first kappa shape index (κ1) is 14.2. The molecular weight excluding hydrogens is 236 g/mol. The van der Waals surface area contributed by atoms with Crippen molar-refractivity contribution in [1.82, 2.24) is 4.90 Å². The van der Waals surface area contributed by atoms with Gasteiger partial charge in [0, 0.05) is 18.3 Å². The Bertz CT molecular complexity index is 406. The molecule has 1 aromatic carbocycles. The first-order valence-corrected chi connectivity index (χ1v) is 7.40. The molecular formula is C16H26N2O. The maximum absolute atomic E-state index is 5.79. The number of piperidine rings is 1. The molecule has 0 saturated carbocycles. The molecule has 0 bridgehead atoms. The van der Waals surface area contributed by atoms with Crippen LogP contribution < -0.4 is 10.5 Å². The summed E-state index contributed by atoms with van der Waals surface area (Å²) in [5.41, 5.74) is 7.71. The fourth-order valence-electron chi connectivity index (χ4n) is 2.69. The summed E-state index contributed by atoms with van der Waals surface area (Å²) >= 11 is 0. The average Bonchev–Trinajstić information content (AvgIpc) is 2.40. The average molecular weight is 262 g/mol. The Kier molecular flexibility index (Phi) is 5.08. The summed E-state index contributed by atoms with van der Waals surface area (Å²) in [5, 5.41) is 0. The highest BCUT2D eigenvalue weighted by atomic mass is 16.5. The number of rotatable bonds is 5. The maximum Gasteiger partial charge on any atom is 0.119 e. The predicted molar refractivity (Wildman–Crippen MR) is 80.6 cm³/mol. The molecule has 1 aromatic rings. The molecule has 2 N–H and O–H groups in total. The number of nitrogens with zero attached hydrogens (tertiary/aromatic N) is 1. The van der Waals surface area contributed by atoms with E-state index in [0.29, 0.717) is 0 Å². The number of nitrogens with two attached hydrogens (primary N) is 1. The second-order valence-electron chi connectivity index (χ2n) is 5.60. The summed E-state index contributed by atoms with van der Waals surface area (Å²) in [6, 6.07) is 6.62. The molecule has 1 fully saturated rings. The predicted octanol–water partition coefficient (Wildman–Crippen LogP) is 3.22. The van der Waals surface area contributed by atoms with Crippen LogP contribution in [0.5, 0.6) is 5.75 Å². The summed E-state index contributed by atoms with van der Waals surface area (Å²) in [6.45, 7) is 7.53. The largest absolute Gasteiger partial charge is 0.494 e. The van der Waals surface area contributed by atoms with Gasteiger partial charge in [-0.2, -0.15) is 0 Å². The monoisotopic (exact) mass is 262 g/mol. The fraction of sp³-hybridized carbons (Fsp3) is 0.625. The zero-order valence-electron chi connectivity index (χ0n) is 12.2. The number of benzene rings is 1. The number of hydrogen-bond acceptors (Lipinski definition) is 3. The molecule has 1 heterocycles. The van der Waals surface area contributed by atoms with Crippen LogP contribution in [0.3, 0.4) is 0 Å². The van der Waals surface area contributed by atoms with Gasteiger partial charge in [0.1, 0.15) is 5.75 Å². The summed E-state index contributed by atoms with van der Waals surface area (Å²) in [4.78, 5) is 2.58. The van der Waals surface area contributed by atoms with E-state index in [2.05, 4.69) is 11.8 Å². The van der Waals surface area contributed by atoms with Gasteiger partial charge in [-0.05, 0) is 63.4 Å². The van der Waals surface area contributed by atoms with Crippen molar-refractivity contribution in [1.29, 1.82) is 0 Å². The van der Waals surface area contributed by atoms with Crippen LogP contribution in [0.1, 0.15) is 38.2 Å². The van der Waals surface area contributed by atoms with Gasteiger partial charge in [0.25, 0.3) is 0 Å². The smallest absolute Gasteiger partial charge is 0.119 e. The molecule has 1 unspecified atom stereocenters. The molecule has 19 heavy (non-hydrogen) atoms. The minimum atomic E-state index is 0.743. The molecule has 0 aliphatic carbocycles. The molecule has 3 heteroatoms. The van der Waals surface area contributed by atoms with Crippen molar-refractivity contribution in [2.45, 2.75) is 45.6 Å². The van der Waals surface area contributed by atoms with E-state index in [1.807, 2.05) is 25.1 Å². The van der Waals surface area contributed by atoms with E-state index in [1.165, 1.54) is 25.8 Å². The molecule has 106 valence electrons. The van der Waals surface area contributed by atoms with Crippen molar-refractivity contribution < 1.29 is 4.74 Å². The summed E-state index contributed by atoms with van der Waals surface area (Å²) in [5.74, 6) is 0.929. The quantitative estimate of drug-likeness (QED) is 0.654. The van der Waals surface area contributed by atoms with Crippen LogP contribution in [-0.2, 0) is 0 Å². The number of ether oxygens (including phenoxy) is 1. The lowest BCUT2D eigenvalue weighted by Crippen LogP contribution is -2.38. The summed E-state index contributed by atoms with van der Waals surface area (Å²) in [7, 11) is 0. The molecule has 1 aliphatic rings. The van der Waals surface area contributed by atoms with Gasteiger partial charge >= 0.3 is 0 Å². The van der Waals surface area contributed by atoms with E-state index in [9.17, 15) is 0 Å². The van der Waals surface area contributed by atoms with Crippen molar-refractivity contribution in [3.8, 4) is 5.75 Å². The van der Waals surface area contributed by atoms with Crippen molar-refractivity contribution in [2.75, 3.05) is 25.4 Å².